The van der Waals surface area contributed by atoms with Gasteiger partial charge in [0.2, 0.25) is 0 Å². The highest BCUT2D eigenvalue weighted by Crippen LogP contribution is 2.09. The third-order valence-electron chi connectivity index (χ3n) is 1.59. The van der Waals surface area contributed by atoms with E-state index < -0.39 is 0 Å². The molecule has 4 heteroatoms. The average Bonchev–Trinajstić information content (AvgIpc) is 2.06. The van der Waals surface area contributed by atoms with Crippen molar-refractivity contribution in [3.63, 3.8) is 0 Å². The second-order valence-corrected chi connectivity index (χ2v) is 3.36. The summed E-state index contributed by atoms with van der Waals surface area (Å²) >= 11 is 3.24. The standard InChI is InChI=1S/C8H12BrN3/c1-3-10-6(2)7-4-12-8(9)5-11-7/h4-6,10H,3H2,1-2H3. The van der Waals surface area contributed by atoms with Crippen LogP contribution < -0.4 is 5.32 Å². The Morgan fingerprint density at radius 2 is 2.25 bits per heavy atom. The number of rotatable bonds is 3. The normalized spacial score (nSPS) is 12.9. The molecule has 0 aliphatic heterocycles. The first-order valence-corrected chi connectivity index (χ1v) is 4.74. The van der Waals surface area contributed by atoms with Crippen LogP contribution in [0.2, 0.25) is 0 Å². The Bertz CT molecular complexity index is 235. The van der Waals surface area contributed by atoms with Gasteiger partial charge in [0.05, 0.1) is 18.1 Å². The van der Waals surface area contributed by atoms with Gasteiger partial charge in [-0.05, 0) is 29.4 Å². The highest BCUT2D eigenvalue weighted by Gasteiger charge is 2.04. The van der Waals surface area contributed by atoms with E-state index in [2.05, 4.69) is 45.1 Å². The molecular weight excluding hydrogens is 218 g/mol. The molecule has 0 saturated carbocycles. The lowest BCUT2D eigenvalue weighted by Crippen LogP contribution is -2.18. The molecule has 0 aliphatic rings. The Balaban J connectivity index is 2.68. The fourth-order valence-corrected chi connectivity index (χ4v) is 1.16. The first-order chi connectivity index (χ1) is 5.74. The molecule has 0 aromatic carbocycles. The molecule has 3 nitrogen and oxygen atoms in total. The van der Waals surface area contributed by atoms with Crippen molar-refractivity contribution in [2.75, 3.05) is 6.54 Å². The van der Waals surface area contributed by atoms with Crippen LogP contribution >= 0.6 is 15.9 Å². The minimum absolute atomic E-state index is 0.274. The van der Waals surface area contributed by atoms with Crippen LogP contribution in [-0.4, -0.2) is 16.5 Å². The maximum absolute atomic E-state index is 4.22. The van der Waals surface area contributed by atoms with Gasteiger partial charge in [0.25, 0.3) is 0 Å². The van der Waals surface area contributed by atoms with Gasteiger partial charge in [0.15, 0.2) is 0 Å². The molecule has 66 valence electrons. The van der Waals surface area contributed by atoms with Crippen molar-refractivity contribution in [3.8, 4) is 0 Å². The van der Waals surface area contributed by atoms with E-state index in [0.717, 1.165) is 16.8 Å². The minimum Gasteiger partial charge on any atom is -0.309 e. The van der Waals surface area contributed by atoms with Gasteiger partial charge in [-0.3, -0.25) is 4.98 Å². The van der Waals surface area contributed by atoms with E-state index in [1.165, 1.54) is 0 Å². The number of nitrogens with zero attached hydrogens (tertiary/aromatic N) is 2. The Morgan fingerprint density at radius 1 is 1.50 bits per heavy atom. The highest BCUT2D eigenvalue weighted by atomic mass is 79.9. The van der Waals surface area contributed by atoms with Gasteiger partial charge in [-0.2, -0.15) is 0 Å². The topological polar surface area (TPSA) is 37.8 Å². The SMILES string of the molecule is CCNC(C)c1cnc(Br)cn1. The lowest BCUT2D eigenvalue weighted by molar-refractivity contribution is 0.580. The van der Waals surface area contributed by atoms with Crippen molar-refractivity contribution in [3.05, 3.63) is 22.7 Å². The highest BCUT2D eigenvalue weighted by molar-refractivity contribution is 9.10. The van der Waals surface area contributed by atoms with Crippen LogP contribution in [-0.2, 0) is 0 Å². The van der Waals surface area contributed by atoms with Crippen LogP contribution in [0.1, 0.15) is 25.6 Å². The van der Waals surface area contributed by atoms with Gasteiger partial charge in [0, 0.05) is 6.04 Å². The molecule has 0 bridgehead atoms. The summed E-state index contributed by atoms with van der Waals surface area (Å²) < 4.78 is 0.773. The summed E-state index contributed by atoms with van der Waals surface area (Å²) in [7, 11) is 0. The van der Waals surface area contributed by atoms with Crippen LogP contribution in [0.15, 0.2) is 17.0 Å². The number of hydrogen-bond acceptors (Lipinski definition) is 3. The molecule has 1 unspecified atom stereocenters. The van der Waals surface area contributed by atoms with Gasteiger partial charge in [-0.15, -0.1) is 0 Å². The molecule has 1 aromatic rings. The summed E-state index contributed by atoms with van der Waals surface area (Å²) in [5.74, 6) is 0. The molecule has 0 amide bonds. The molecule has 1 rings (SSSR count). The van der Waals surface area contributed by atoms with E-state index in [4.69, 9.17) is 0 Å². The molecule has 12 heavy (non-hydrogen) atoms. The monoisotopic (exact) mass is 229 g/mol. The number of aromatic nitrogens is 2. The Morgan fingerprint density at radius 3 is 2.75 bits per heavy atom. The molecule has 1 aromatic heterocycles. The Labute approximate surface area is 80.7 Å². The quantitative estimate of drug-likeness (QED) is 0.861. The molecule has 1 atom stereocenters. The number of nitrogens with one attached hydrogen (secondary N) is 1. The van der Waals surface area contributed by atoms with Gasteiger partial charge in [-0.25, -0.2) is 4.98 Å². The Hall–Kier alpha value is -0.480. The lowest BCUT2D eigenvalue weighted by atomic mass is 10.2. The van der Waals surface area contributed by atoms with Crippen LogP contribution in [0.25, 0.3) is 0 Å². The predicted molar refractivity (Wildman–Crippen MR) is 51.8 cm³/mol. The van der Waals surface area contributed by atoms with Crippen molar-refractivity contribution in [2.45, 2.75) is 19.9 Å². The van der Waals surface area contributed by atoms with E-state index in [1.807, 2.05) is 0 Å². The average molecular weight is 230 g/mol. The summed E-state index contributed by atoms with van der Waals surface area (Å²) in [6.45, 7) is 5.09. The van der Waals surface area contributed by atoms with Crippen molar-refractivity contribution in [1.82, 2.24) is 15.3 Å². The molecule has 0 radical (unpaired) electrons. The Kier molecular flexibility index (Phi) is 3.62. The van der Waals surface area contributed by atoms with Crippen molar-refractivity contribution in [1.29, 1.82) is 0 Å². The van der Waals surface area contributed by atoms with Crippen LogP contribution in [0.3, 0.4) is 0 Å². The van der Waals surface area contributed by atoms with E-state index in [9.17, 15) is 0 Å². The molecule has 1 heterocycles. The zero-order chi connectivity index (χ0) is 8.97. The van der Waals surface area contributed by atoms with Crippen molar-refractivity contribution >= 4 is 15.9 Å². The molecule has 0 spiro atoms. The van der Waals surface area contributed by atoms with Crippen molar-refractivity contribution in [2.24, 2.45) is 0 Å². The summed E-state index contributed by atoms with van der Waals surface area (Å²) in [6.07, 6.45) is 3.49. The summed E-state index contributed by atoms with van der Waals surface area (Å²) in [6, 6.07) is 0.274. The summed E-state index contributed by atoms with van der Waals surface area (Å²) in [5, 5.41) is 3.26. The minimum atomic E-state index is 0.274. The second-order valence-electron chi connectivity index (χ2n) is 2.54. The number of hydrogen-bond donors (Lipinski definition) is 1. The third kappa shape index (κ3) is 2.53. The largest absolute Gasteiger partial charge is 0.309 e. The van der Waals surface area contributed by atoms with Gasteiger partial charge < -0.3 is 5.32 Å². The van der Waals surface area contributed by atoms with Gasteiger partial charge in [0.1, 0.15) is 4.60 Å². The fourth-order valence-electron chi connectivity index (χ4n) is 0.957. The molecular formula is C8H12BrN3. The third-order valence-corrected chi connectivity index (χ3v) is 2.00. The van der Waals surface area contributed by atoms with Crippen LogP contribution in [0.5, 0.6) is 0 Å². The number of halogens is 1. The molecule has 0 aliphatic carbocycles. The molecule has 0 saturated heterocycles. The zero-order valence-corrected chi connectivity index (χ0v) is 8.80. The maximum Gasteiger partial charge on any atom is 0.124 e. The first-order valence-electron chi connectivity index (χ1n) is 3.95. The smallest absolute Gasteiger partial charge is 0.124 e. The van der Waals surface area contributed by atoms with Crippen LogP contribution in [0, 0.1) is 0 Å². The molecule has 0 fully saturated rings. The zero-order valence-electron chi connectivity index (χ0n) is 7.21. The van der Waals surface area contributed by atoms with Crippen molar-refractivity contribution < 1.29 is 0 Å². The van der Waals surface area contributed by atoms with E-state index >= 15 is 0 Å². The lowest BCUT2D eigenvalue weighted by Gasteiger charge is -2.10. The van der Waals surface area contributed by atoms with Gasteiger partial charge >= 0.3 is 0 Å². The maximum atomic E-state index is 4.22. The van der Waals surface area contributed by atoms with E-state index in [0.29, 0.717) is 0 Å². The van der Waals surface area contributed by atoms with Crippen LogP contribution in [0.4, 0.5) is 0 Å². The fraction of sp³-hybridized carbons (Fsp3) is 0.500. The first kappa shape index (κ1) is 9.61. The molecule has 1 N–H and O–H groups in total. The summed E-state index contributed by atoms with van der Waals surface area (Å²) in [4.78, 5) is 8.32. The second kappa shape index (κ2) is 4.52. The van der Waals surface area contributed by atoms with E-state index in [1.54, 1.807) is 12.4 Å². The predicted octanol–water partition coefficient (Wildman–Crippen LogP) is 1.91. The van der Waals surface area contributed by atoms with E-state index in [-0.39, 0.29) is 6.04 Å². The van der Waals surface area contributed by atoms with Gasteiger partial charge in [-0.1, -0.05) is 6.92 Å². The summed E-state index contributed by atoms with van der Waals surface area (Å²) in [5.41, 5.74) is 0.972.